The Bertz CT molecular complexity index is 407. The summed E-state index contributed by atoms with van der Waals surface area (Å²) < 4.78 is 0.547. The number of hydrogen-bond acceptors (Lipinski definition) is 4. The van der Waals surface area contributed by atoms with E-state index in [1.54, 1.807) is 12.1 Å². The molecule has 2 N–H and O–H groups in total. The second kappa shape index (κ2) is 5.29. The lowest BCUT2D eigenvalue weighted by molar-refractivity contribution is -0.143. The number of aliphatic carboxylic acids is 1. The third-order valence-corrected chi connectivity index (χ3v) is 3.31. The number of anilines is 1. The predicted octanol–water partition coefficient (Wildman–Crippen LogP) is 1.04. The molecule has 0 spiro atoms. The van der Waals surface area contributed by atoms with Crippen molar-refractivity contribution in [2.45, 2.75) is 6.04 Å². The topological polar surface area (TPSA) is 69.6 Å². The number of carbonyl (C=O) groups is 2. The maximum absolute atomic E-state index is 11.8. The Labute approximate surface area is 102 Å². The number of halogens is 1. The zero-order valence-electron chi connectivity index (χ0n) is 8.73. The van der Waals surface area contributed by atoms with Gasteiger partial charge in [-0.05, 0) is 19.2 Å². The molecular formula is C9H11ClN2O3S. The van der Waals surface area contributed by atoms with E-state index in [1.165, 1.54) is 30.3 Å². The number of carbonyl (C=O) groups excluding carboxylic acids is 1. The highest BCUT2D eigenvalue weighted by Gasteiger charge is 2.28. The Balaban J connectivity index is 2.85. The zero-order chi connectivity index (χ0) is 12.3. The molecule has 1 heterocycles. The van der Waals surface area contributed by atoms with E-state index in [-0.39, 0.29) is 0 Å². The van der Waals surface area contributed by atoms with Crippen LogP contribution >= 0.6 is 22.9 Å². The maximum Gasteiger partial charge on any atom is 0.330 e. The number of amides is 1. The minimum atomic E-state index is -1.24. The van der Waals surface area contributed by atoms with Crippen LogP contribution < -0.4 is 10.2 Å². The van der Waals surface area contributed by atoms with Crippen molar-refractivity contribution >= 4 is 39.8 Å². The molecule has 1 amide bonds. The Morgan fingerprint density at radius 3 is 2.56 bits per heavy atom. The van der Waals surface area contributed by atoms with Crippen LogP contribution in [0.4, 0.5) is 5.00 Å². The lowest BCUT2D eigenvalue weighted by atomic mass is 10.2. The summed E-state index contributed by atoms with van der Waals surface area (Å²) in [5.74, 6) is -1.74. The molecule has 0 bridgehead atoms. The van der Waals surface area contributed by atoms with Crippen LogP contribution in [0.2, 0.25) is 4.34 Å². The summed E-state index contributed by atoms with van der Waals surface area (Å²) in [6, 6.07) is 2.07. The van der Waals surface area contributed by atoms with Crippen LogP contribution in [0.3, 0.4) is 0 Å². The standard InChI is InChI=1S/C9H11ClN2O3S/c1-11-7(9(14)15)8(13)12(2)6-4-3-5(10)16-6/h3-4,7,11H,1-2H3,(H,14,15). The first-order chi connectivity index (χ1) is 7.47. The Morgan fingerprint density at radius 2 is 2.19 bits per heavy atom. The minimum Gasteiger partial charge on any atom is -0.480 e. The molecule has 0 aliphatic heterocycles. The van der Waals surface area contributed by atoms with E-state index in [0.29, 0.717) is 9.34 Å². The molecule has 7 heteroatoms. The van der Waals surface area contributed by atoms with Gasteiger partial charge in [-0.2, -0.15) is 0 Å². The summed E-state index contributed by atoms with van der Waals surface area (Å²) in [4.78, 5) is 23.8. The van der Waals surface area contributed by atoms with Gasteiger partial charge in [0.05, 0.1) is 9.34 Å². The second-order valence-electron chi connectivity index (χ2n) is 3.03. The van der Waals surface area contributed by atoms with E-state index >= 15 is 0 Å². The first kappa shape index (κ1) is 13.0. The number of hydrogen-bond donors (Lipinski definition) is 2. The molecule has 0 aromatic carbocycles. The monoisotopic (exact) mass is 262 g/mol. The Hall–Kier alpha value is -1.11. The Morgan fingerprint density at radius 1 is 1.56 bits per heavy atom. The van der Waals surface area contributed by atoms with Crippen LogP contribution in [0.15, 0.2) is 12.1 Å². The predicted molar refractivity (Wildman–Crippen MR) is 63.2 cm³/mol. The van der Waals surface area contributed by atoms with Crippen molar-refractivity contribution in [3.05, 3.63) is 16.5 Å². The van der Waals surface area contributed by atoms with Crippen molar-refractivity contribution in [3.8, 4) is 0 Å². The third kappa shape index (κ3) is 2.72. The number of nitrogens with zero attached hydrogens (tertiary/aromatic N) is 1. The average molecular weight is 263 g/mol. The molecule has 1 rings (SSSR count). The quantitative estimate of drug-likeness (QED) is 0.796. The van der Waals surface area contributed by atoms with E-state index in [4.69, 9.17) is 16.7 Å². The summed E-state index contributed by atoms with van der Waals surface area (Å²) >= 11 is 6.95. The maximum atomic E-state index is 11.8. The molecule has 5 nitrogen and oxygen atoms in total. The van der Waals surface area contributed by atoms with Gasteiger partial charge >= 0.3 is 5.97 Å². The van der Waals surface area contributed by atoms with Crippen LogP contribution in [0.25, 0.3) is 0 Å². The van der Waals surface area contributed by atoms with E-state index in [0.717, 1.165) is 0 Å². The molecule has 0 aliphatic rings. The van der Waals surface area contributed by atoms with Gasteiger partial charge in [-0.25, -0.2) is 4.79 Å². The van der Waals surface area contributed by atoms with Crippen molar-refractivity contribution in [1.82, 2.24) is 5.32 Å². The van der Waals surface area contributed by atoms with Crippen molar-refractivity contribution in [2.24, 2.45) is 0 Å². The molecule has 1 aromatic rings. The lowest BCUT2D eigenvalue weighted by Crippen LogP contribution is -2.48. The SMILES string of the molecule is CNC(C(=O)O)C(=O)N(C)c1ccc(Cl)s1. The van der Waals surface area contributed by atoms with E-state index < -0.39 is 17.9 Å². The highest BCUT2D eigenvalue weighted by Crippen LogP contribution is 2.28. The van der Waals surface area contributed by atoms with Crippen LogP contribution in [0.5, 0.6) is 0 Å². The lowest BCUT2D eigenvalue weighted by Gasteiger charge is -2.19. The smallest absolute Gasteiger partial charge is 0.330 e. The van der Waals surface area contributed by atoms with Crippen LogP contribution in [-0.4, -0.2) is 37.1 Å². The molecule has 16 heavy (non-hydrogen) atoms. The van der Waals surface area contributed by atoms with E-state index in [9.17, 15) is 9.59 Å². The van der Waals surface area contributed by atoms with Gasteiger partial charge in [0.15, 0.2) is 6.04 Å². The molecule has 1 atom stereocenters. The fourth-order valence-corrected chi connectivity index (χ4v) is 2.14. The van der Waals surface area contributed by atoms with Crippen LogP contribution in [-0.2, 0) is 9.59 Å². The fourth-order valence-electron chi connectivity index (χ4n) is 1.14. The van der Waals surface area contributed by atoms with Gasteiger partial charge in [0.25, 0.3) is 5.91 Å². The highest BCUT2D eigenvalue weighted by atomic mass is 35.5. The molecular weight excluding hydrogens is 252 g/mol. The molecule has 0 saturated heterocycles. The average Bonchev–Trinajstić information content (AvgIpc) is 2.64. The van der Waals surface area contributed by atoms with Crippen LogP contribution in [0, 0.1) is 0 Å². The fraction of sp³-hybridized carbons (Fsp3) is 0.333. The van der Waals surface area contributed by atoms with E-state index in [1.807, 2.05) is 0 Å². The normalized spacial score (nSPS) is 12.2. The molecule has 1 unspecified atom stereocenters. The van der Waals surface area contributed by atoms with Gasteiger partial charge in [-0.3, -0.25) is 10.1 Å². The van der Waals surface area contributed by atoms with Gasteiger partial charge in [-0.1, -0.05) is 11.6 Å². The third-order valence-electron chi connectivity index (χ3n) is 2.00. The number of rotatable bonds is 4. The van der Waals surface area contributed by atoms with Crippen molar-refractivity contribution < 1.29 is 14.7 Å². The van der Waals surface area contributed by atoms with E-state index in [2.05, 4.69) is 5.32 Å². The van der Waals surface area contributed by atoms with Crippen molar-refractivity contribution in [2.75, 3.05) is 19.0 Å². The molecule has 88 valence electrons. The molecule has 0 radical (unpaired) electrons. The van der Waals surface area contributed by atoms with Gasteiger partial charge in [0, 0.05) is 7.05 Å². The summed E-state index contributed by atoms with van der Waals surface area (Å²) in [6.07, 6.45) is 0. The molecule has 0 fully saturated rings. The van der Waals surface area contributed by atoms with Crippen LogP contribution in [0.1, 0.15) is 0 Å². The number of nitrogens with one attached hydrogen (secondary N) is 1. The molecule has 1 aromatic heterocycles. The van der Waals surface area contributed by atoms with Gasteiger partial charge in [0.2, 0.25) is 0 Å². The number of carboxylic acid groups (broad SMARTS) is 1. The first-order valence-electron chi connectivity index (χ1n) is 4.40. The molecule has 0 saturated carbocycles. The Kier molecular flexibility index (Phi) is 4.28. The number of thiophene rings is 1. The minimum absolute atomic E-state index is 0.534. The van der Waals surface area contributed by atoms with Gasteiger partial charge < -0.3 is 10.0 Å². The van der Waals surface area contributed by atoms with Gasteiger partial charge in [0.1, 0.15) is 0 Å². The number of carboxylic acids is 1. The largest absolute Gasteiger partial charge is 0.480 e. The summed E-state index contributed by atoms with van der Waals surface area (Å²) in [5.41, 5.74) is 0. The summed E-state index contributed by atoms with van der Waals surface area (Å²) in [6.45, 7) is 0. The van der Waals surface area contributed by atoms with Crippen molar-refractivity contribution in [3.63, 3.8) is 0 Å². The van der Waals surface area contributed by atoms with Crippen molar-refractivity contribution in [1.29, 1.82) is 0 Å². The summed E-state index contributed by atoms with van der Waals surface area (Å²) in [7, 11) is 2.93. The first-order valence-corrected chi connectivity index (χ1v) is 5.59. The van der Waals surface area contributed by atoms with Gasteiger partial charge in [-0.15, -0.1) is 11.3 Å². The zero-order valence-corrected chi connectivity index (χ0v) is 10.3. The molecule has 0 aliphatic carbocycles. The highest BCUT2D eigenvalue weighted by molar-refractivity contribution is 7.20. The second-order valence-corrected chi connectivity index (χ2v) is 4.73. The summed E-state index contributed by atoms with van der Waals surface area (Å²) in [5, 5.41) is 11.9. The number of likely N-dealkylation sites (N-methyl/N-ethyl adjacent to an activating group) is 2.